The molecule has 2 heterocycles. The highest BCUT2D eigenvalue weighted by atomic mass is 32.2. The van der Waals surface area contributed by atoms with Crippen molar-refractivity contribution >= 4 is 11.8 Å². The molecule has 0 aliphatic rings. The molecule has 13 heavy (non-hydrogen) atoms. The Morgan fingerprint density at radius 1 is 1.23 bits per heavy atom. The number of hydrogen-bond donors (Lipinski definition) is 1. The van der Waals surface area contributed by atoms with Gasteiger partial charge < -0.3 is 0 Å². The smallest absolute Gasteiger partial charge is 0.0963 e. The third-order valence-electron chi connectivity index (χ3n) is 1.57. The Kier molecular flexibility index (Phi) is 2.62. The summed E-state index contributed by atoms with van der Waals surface area (Å²) in [4.78, 5) is 4.21. The number of nitrogens with zero attached hydrogens (tertiary/aromatic N) is 2. The Labute approximate surface area is 80.6 Å². The highest BCUT2D eigenvalue weighted by Gasteiger charge is 1.96. The van der Waals surface area contributed by atoms with Crippen LogP contribution in [0.25, 0.3) is 0 Å². The summed E-state index contributed by atoms with van der Waals surface area (Å²) >= 11 is 1.70. The molecule has 4 heteroatoms. The Balaban J connectivity index is 1.94. The number of thioether (sulfide) groups is 1. The maximum absolute atomic E-state index is 4.21. The molecule has 0 saturated heterocycles. The molecule has 0 fully saturated rings. The minimum absolute atomic E-state index is 0.886. The molecule has 0 spiro atoms. The first-order valence-electron chi connectivity index (χ1n) is 3.97. The van der Waals surface area contributed by atoms with E-state index in [9.17, 15) is 0 Å². The Hall–Kier alpha value is -1.29. The van der Waals surface area contributed by atoms with E-state index < -0.39 is 0 Å². The first kappa shape index (κ1) is 8.31. The third-order valence-corrected chi connectivity index (χ3v) is 2.56. The van der Waals surface area contributed by atoms with Gasteiger partial charge in [0.25, 0.3) is 0 Å². The maximum Gasteiger partial charge on any atom is 0.0963 e. The first-order chi connectivity index (χ1) is 6.45. The minimum atomic E-state index is 0.886. The van der Waals surface area contributed by atoms with Crippen LogP contribution in [-0.4, -0.2) is 15.2 Å². The number of rotatable bonds is 3. The molecule has 0 radical (unpaired) electrons. The van der Waals surface area contributed by atoms with E-state index in [1.54, 1.807) is 24.2 Å². The predicted octanol–water partition coefficient (Wildman–Crippen LogP) is 2.10. The first-order valence-corrected chi connectivity index (χ1v) is 4.96. The largest absolute Gasteiger partial charge is 0.282 e. The van der Waals surface area contributed by atoms with Crippen LogP contribution in [-0.2, 0) is 5.75 Å². The number of H-pyrrole nitrogens is 1. The molecule has 2 aromatic rings. The van der Waals surface area contributed by atoms with E-state index in [4.69, 9.17) is 0 Å². The second-order valence-electron chi connectivity index (χ2n) is 2.54. The molecule has 0 aliphatic carbocycles. The lowest BCUT2D eigenvalue weighted by molar-refractivity contribution is 1.03. The van der Waals surface area contributed by atoms with E-state index in [0.29, 0.717) is 0 Å². The zero-order chi connectivity index (χ0) is 8.93. The fourth-order valence-corrected chi connectivity index (χ4v) is 1.72. The van der Waals surface area contributed by atoms with E-state index in [2.05, 4.69) is 15.2 Å². The minimum Gasteiger partial charge on any atom is -0.282 e. The van der Waals surface area contributed by atoms with Crippen molar-refractivity contribution in [2.75, 3.05) is 0 Å². The zero-order valence-electron chi connectivity index (χ0n) is 6.97. The zero-order valence-corrected chi connectivity index (χ0v) is 7.79. The van der Waals surface area contributed by atoms with Gasteiger partial charge in [-0.2, -0.15) is 5.10 Å². The number of aromatic nitrogens is 3. The van der Waals surface area contributed by atoms with Gasteiger partial charge in [-0.05, 0) is 18.2 Å². The molecule has 2 rings (SSSR count). The van der Waals surface area contributed by atoms with Crippen LogP contribution < -0.4 is 0 Å². The molecular formula is C9H9N3S. The summed E-state index contributed by atoms with van der Waals surface area (Å²) in [6.45, 7) is 0. The van der Waals surface area contributed by atoms with Crippen molar-refractivity contribution in [2.24, 2.45) is 0 Å². The van der Waals surface area contributed by atoms with Crippen molar-refractivity contribution in [1.29, 1.82) is 0 Å². The van der Waals surface area contributed by atoms with Crippen molar-refractivity contribution in [2.45, 2.75) is 10.8 Å². The van der Waals surface area contributed by atoms with Gasteiger partial charge in [0.2, 0.25) is 0 Å². The average molecular weight is 191 g/mol. The lowest BCUT2D eigenvalue weighted by Crippen LogP contribution is -1.82. The molecule has 0 saturated carbocycles. The Morgan fingerprint density at radius 2 is 2.23 bits per heavy atom. The van der Waals surface area contributed by atoms with Crippen LogP contribution in [0.5, 0.6) is 0 Å². The highest BCUT2D eigenvalue weighted by Crippen LogP contribution is 2.18. The molecule has 0 atom stereocenters. The molecule has 3 nitrogen and oxygen atoms in total. The third kappa shape index (κ3) is 2.32. The summed E-state index contributed by atoms with van der Waals surface area (Å²) in [5.74, 6) is 0.886. The number of aromatic amines is 1. The molecule has 66 valence electrons. The number of pyridine rings is 1. The molecular weight excluding hydrogens is 182 g/mol. The molecule has 1 N–H and O–H groups in total. The summed E-state index contributed by atoms with van der Waals surface area (Å²) < 4.78 is 0. The normalized spacial score (nSPS) is 10.2. The summed E-state index contributed by atoms with van der Waals surface area (Å²) in [5.41, 5.74) is 1.12. The second kappa shape index (κ2) is 4.09. The highest BCUT2D eigenvalue weighted by molar-refractivity contribution is 7.98. The molecule has 0 unspecified atom stereocenters. The van der Waals surface area contributed by atoms with Gasteiger partial charge in [-0.3, -0.25) is 5.10 Å². The monoisotopic (exact) mass is 191 g/mol. The van der Waals surface area contributed by atoms with Gasteiger partial charge in [-0.25, -0.2) is 4.98 Å². The van der Waals surface area contributed by atoms with E-state index in [1.165, 1.54) is 0 Å². The molecule has 0 amide bonds. The van der Waals surface area contributed by atoms with E-state index in [0.717, 1.165) is 16.5 Å². The fraction of sp³-hybridized carbons (Fsp3) is 0.111. The van der Waals surface area contributed by atoms with Crippen LogP contribution in [0.15, 0.2) is 41.7 Å². The predicted molar refractivity (Wildman–Crippen MR) is 52.4 cm³/mol. The van der Waals surface area contributed by atoms with Gasteiger partial charge in [-0.15, -0.1) is 11.8 Å². The Bertz CT molecular complexity index is 344. The Morgan fingerprint density at radius 3 is 2.92 bits per heavy atom. The van der Waals surface area contributed by atoms with E-state index >= 15 is 0 Å². The van der Waals surface area contributed by atoms with Crippen molar-refractivity contribution in [3.63, 3.8) is 0 Å². The van der Waals surface area contributed by atoms with Crippen molar-refractivity contribution in [3.05, 3.63) is 42.4 Å². The molecule has 0 aliphatic heterocycles. The topological polar surface area (TPSA) is 41.6 Å². The van der Waals surface area contributed by atoms with E-state index in [1.807, 2.05) is 24.3 Å². The lowest BCUT2D eigenvalue weighted by Gasteiger charge is -1.96. The average Bonchev–Trinajstić information content (AvgIpc) is 2.69. The van der Waals surface area contributed by atoms with Crippen molar-refractivity contribution < 1.29 is 0 Å². The van der Waals surface area contributed by atoms with Crippen LogP contribution in [0, 0.1) is 0 Å². The van der Waals surface area contributed by atoms with Crippen LogP contribution >= 0.6 is 11.8 Å². The van der Waals surface area contributed by atoms with Crippen LogP contribution in [0.1, 0.15) is 5.69 Å². The molecule has 0 aromatic carbocycles. The SMILES string of the molecule is c1ccc(SCc2ccn[nH]2)nc1. The quantitative estimate of drug-likeness (QED) is 0.755. The second-order valence-corrected chi connectivity index (χ2v) is 3.53. The van der Waals surface area contributed by atoms with Gasteiger partial charge in [0, 0.05) is 23.8 Å². The van der Waals surface area contributed by atoms with Crippen molar-refractivity contribution in [3.8, 4) is 0 Å². The van der Waals surface area contributed by atoms with Gasteiger partial charge >= 0.3 is 0 Å². The summed E-state index contributed by atoms with van der Waals surface area (Å²) in [6.07, 6.45) is 3.56. The lowest BCUT2D eigenvalue weighted by atomic mass is 10.5. The summed E-state index contributed by atoms with van der Waals surface area (Å²) in [7, 11) is 0. The van der Waals surface area contributed by atoms with Crippen molar-refractivity contribution in [1.82, 2.24) is 15.2 Å². The summed E-state index contributed by atoms with van der Waals surface area (Å²) in [5, 5.41) is 7.82. The van der Waals surface area contributed by atoms with Crippen LogP contribution in [0.4, 0.5) is 0 Å². The van der Waals surface area contributed by atoms with Gasteiger partial charge in [0.1, 0.15) is 0 Å². The van der Waals surface area contributed by atoms with E-state index in [-0.39, 0.29) is 0 Å². The summed E-state index contributed by atoms with van der Waals surface area (Å²) in [6, 6.07) is 7.87. The maximum atomic E-state index is 4.21. The van der Waals surface area contributed by atoms with Crippen LogP contribution in [0.3, 0.4) is 0 Å². The molecule has 0 bridgehead atoms. The fourth-order valence-electron chi connectivity index (χ4n) is 0.949. The number of hydrogen-bond acceptors (Lipinski definition) is 3. The number of nitrogens with one attached hydrogen (secondary N) is 1. The molecule has 2 aromatic heterocycles. The van der Waals surface area contributed by atoms with Gasteiger partial charge in [-0.1, -0.05) is 6.07 Å². The standard InChI is InChI=1S/C9H9N3S/c1-2-5-10-9(3-1)13-7-8-4-6-11-12-8/h1-6H,7H2,(H,11,12). The van der Waals surface area contributed by atoms with Gasteiger partial charge in [0.15, 0.2) is 0 Å². The van der Waals surface area contributed by atoms with Gasteiger partial charge in [0.05, 0.1) is 5.03 Å². The van der Waals surface area contributed by atoms with Crippen LogP contribution in [0.2, 0.25) is 0 Å².